The molecule has 0 saturated heterocycles. The fourth-order valence-corrected chi connectivity index (χ4v) is 12.7. The van der Waals surface area contributed by atoms with Gasteiger partial charge in [-0.25, -0.2) is 9.13 Å². The van der Waals surface area contributed by atoms with Crippen molar-refractivity contribution in [1.82, 2.24) is 0 Å². The van der Waals surface area contributed by atoms with Crippen LogP contribution in [0.15, 0.2) is 0 Å². The zero-order valence-corrected chi connectivity index (χ0v) is 62.7. The van der Waals surface area contributed by atoms with E-state index < -0.39 is 97.5 Å². The van der Waals surface area contributed by atoms with Crippen LogP contribution in [-0.2, 0) is 65.4 Å². The van der Waals surface area contributed by atoms with Crippen LogP contribution in [0.2, 0.25) is 0 Å². The molecule has 552 valence electrons. The maximum Gasteiger partial charge on any atom is 0.472 e. The van der Waals surface area contributed by atoms with E-state index >= 15 is 0 Å². The first kappa shape index (κ1) is 91.1. The van der Waals surface area contributed by atoms with Gasteiger partial charge in [0.05, 0.1) is 26.4 Å². The Hall–Kier alpha value is -1.94. The zero-order valence-electron chi connectivity index (χ0n) is 60.9. The van der Waals surface area contributed by atoms with Crippen molar-refractivity contribution in [2.45, 2.75) is 388 Å². The summed E-state index contributed by atoms with van der Waals surface area (Å²) in [5, 5.41) is 10.6. The summed E-state index contributed by atoms with van der Waals surface area (Å²) < 4.78 is 68.3. The lowest BCUT2D eigenvalue weighted by Gasteiger charge is -2.21. The second-order valence-electron chi connectivity index (χ2n) is 28.4. The van der Waals surface area contributed by atoms with E-state index in [9.17, 15) is 43.2 Å². The Balaban J connectivity index is 5.11. The number of rotatable bonds is 71. The average Bonchev–Trinajstić information content (AvgIpc) is 3.70. The topological polar surface area (TPSA) is 237 Å². The molecule has 0 fully saturated rings. The molecule has 4 unspecified atom stereocenters. The third-order valence-electron chi connectivity index (χ3n) is 17.4. The zero-order chi connectivity index (χ0) is 68.9. The highest BCUT2D eigenvalue weighted by atomic mass is 31.2. The number of hydrogen-bond donors (Lipinski definition) is 3. The molecule has 0 rings (SSSR count). The van der Waals surface area contributed by atoms with Crippen LogP contribution in [0.3, 0.4) is 0 Å². The summed E-state index contributed by atoms with van der Waals surface area (Å²) >= 11 is 0. The summed E-state index contributed by atoms with van der Waals surface area (Å²) in [6, 6.07) is 0. The van der Waals surface area contributed by atoms with E-state index in [4.69, 9.17) is 37.0 Å². The fourth-order valence-electron chi connectivity index (χ4n) is 11.2. The minimum Gasteiger partial charge on any atom is -0.462 e. The first-order valence-corrected chi connectivity index (χ1v) is 41.2. The predicted molar refractivity (Wildman–Crippen MR) is 377 cm³/mol. The van der Waals surface area contributed by atoms with Crippen molar-refractivity contribution in [3.05, 3.63) is 0 Å². The lowest BCUT2D eigenvalue weighted by Crippen LogP contribution is -2.30. The summed E-state index contributed by atoms with van der Waals surface area (Å²) in [6.45, 7) is 14.1. The van der Waals surface area contributed by atoms with E-state index in [0.717, 1.165) is 108 Å². The Morgan fingerprint density at radius 1 is 0.301 bits per heavy atom. The Labute approximate surface area is 568 Å². The Morgan fingerprint density at radius 2 is 0.516 bits per heavy atom. The molecular formula is C74H144O17P2. The highest BCUT2D eigenvalue weighted by molar-refractivity contribution is 7.47. The first-order chi connectivity index (χ1) is 44.6. The number of phosphoric ester groups is 2. The Bertz CT molecular complexity index is 1840. The van der Waals surface area contributed by atoms with Crippen molar-refractivity contribution in [2.24, 2.45) is 23.7 Å². The van der Waals surface area contributed by atoms with Gasteiger partial charge in [0, 0.05) is 25.7 Å². The van der Waals surface area contributed by atoms with E-state index in [-0.39, 0.29) is 25.7 Å². The SMILES string of the molecule is CCC(C)CCCCCCCCCCCCCCCCCCCCC(=O)OC[C@H](COP(=O)(O)OCC(O)COP(=O)(O)OC[C@@H](COC(=O)CCCCCCCCCC(C)C)OC(=O)CCCCCCCCCCC(C)C)OC(=O)CCCCCCCCCC(C)C. The molecular weight excluding hydrogens is 1220 g/mol. The van der Waals surface area contributed by atoms with Crippen LogP contribution in [0.25, 0.3) is 0 Å². The molecule has 0 amide bonds. The number of aliphatic hydroxyl groups excluding tert-OH is 1. The third-order valence-corrected chi connectivity index (χ3v) is 19.3. The van der Waals surface area contributed by atoms with Gasteiger partial charge < -0.3 is 33.8 Å². The van der Waals surface area contributed by atoms with Gasteiger partial charge in [0.1, 0.15) is 19.3 Å². The quantitative estimate of drug-likeness (QED) is 0.0222. The van der Waals surface area contributed by atoms with E-state index in [1.54, 1.807) is 0 Å². The summed E-state index contributed by atoms with van der Waals surface area (Å²) in [5.41, 5.74) is 0. The molecule has 0 aliphatic carbocycles. The number of ether oxygens (including phenoxy) is 4. The van der Waals surface area contributed by atoms with E-state index in [1.165, 1.54) is 167 Å². The van der Waals surface area contributed by atoms with E-state index in [1.807, 2.05) is 0 Å². The van der Waals surface area contributed by atoms with Crippen LogP contribution < -0.4 is 0 Å². The lowest BCUT2D eigenvalue weighted by molar-refractivity contribution is -0.161. The molecule has 0 aromatic heterocycles. The van der Waals surface area contributed by atoms with Gasteiger partial charge in [0.25, 0.3) is 0 Å². The van der Waals surface area contributed by atoms with Crippen LogP contribution >= 0.6 is 15.6 Å². The molecule has 6 atom stereocenters. The maximum absolute atomic E-state index is 13.0. The van der Waals surface area contributed by atoms with Crippen LogP contribution in [0.4, 0.5) is 0 Å². The number of esters is 4. The smallest absolute Gasteiger partial charge is 0.462 e. The number of unbranched alkanes of at least 4 members (excludes halogenated alkanes) is 36. The minimum atomic E-state index is -4.95. The van der Waals surface area contributed by atoms with Crippen molar-refractivity contribution in [2.75, 3.05) is 39.6 Å². The molecule has 0 aromatic carbocycles. The monoisotopic (exact) mass is 1370 g/mol. The highest BCUT2D eigenvalue weighted by Gasteiger charge is 2.30. The van der Waals surface area contributed by atoms with Crippen molar-refractivity contribution in [1.29, 1.82) is 0 Å². The summed E-state index contributed by atoms with van der Waals surface area (Å²) in [5.74, 6) is 0.862. The van der Waals surface area contributed by atoms with Crippen molar-refractivity contribution < 1.29 is 80.2 Å². The molecule has 0 spiro atoms. The molecule has 17 nitrogen and oxygen atoms in total. The van der Waals surface area contributed by atoms with Crippen LogP contribution in [0.1, 0.15) is 370 Å². The molecule has 0 saturated carbocycles. The Morgan fingerprint density at radius 3 is 0.763 bits per heavy atom. The fraction of sp³-hybridized carbons (Fsp3) is 0.946. The number of carbonyl (C=O) groups excluding carboxylic acids is 4. The minimum absolute atomic E-state index is 0.103. The van der Waals surface area contributed by atoms with E-state index in [0.29, 0.717) is 37.5 Å². The number of phosphoric acid groups is 2. The molecule has 19 heteroatoms. The third kappa shape index (κ3) is 67.0. The lowest BCUT2D eigenvalue weighted by atomic mass is 9.99. The van der Waals surface area contributed by atoms with Crippen LogP contribution in [0, 0.1) is 23.7 Å². The molecule has 93 heavy (non-hydrogen) atoms. The molecule has 0 bridgehead atoms. The molecule has 0 aliphatic heterocycles. The average molecular weight is 1370 g/mol. The second-order valence-corrected chi connectivity index (χ2v) is 31.3. The van der Waals surface area contributed by atoms with Gasteiger partial charge >= 0.3 is 39.5 Å². The number of aliphatic hydroxyl groups is 1. The molecule has 0 aliphatic rings. The molecule has 0 aromatic rings. The van der Waals surface area contributed by atoms with Gasteiger partial charge in [-0.05, 0) is 49.4 Å². The van der Waals surface area contributed by atoms with Gasteiger partial charge in [0.15, 0.2) is 12.2 Å². The first-order valence-electron chi connectivity index (χ1n) is 38.2. The normalized spacial score (nSPS) is 14.5. The summed E-state index contributed by atoms with van der Waals surface area (Å²) in [7, 11) is -9.90. The maximum atomic E-state index is 13.0. The van der Waals surface area contributed by atoms with Crippen molar-refractivity contribution in [3.63, 3.8) is 0 Å². The predicted octanol–water partition coefficient (Wildman–Crippen LogP) is 21.3. The second kappa shape index (κ2) is 63.5. The van der Waals surface area contributed by atoms with Gasteiger partial charge in [-0.2, -0.15) is 0 Å². The highest BCUT2D eigenvalue weighted by Crippen LogP contribution is 2.45. The van der Waals surface area contributed by atoms with Gasteiger partial charge in [-0.1, -0.05) is 319 Å². The van der Waals surface area contributed by atoms with E-state index in [2.05, 4.69) is 55.4 Å². The van der Waals surface area contributed by atoms with Crippen molar-refractivity contribution in [3.8, 4) is 0 Å². The Kier molecular flexibility index (Phi) is 62.2. The number of hydrogen-bond acceptors (Lipinski definition) is 15. The van der Waals surface area contributed by atoms with Gasteiger partial charge in [-0.3, -0.25) is 37.3 Å². The summed E-state index contributed by atoms with van der Waals surface area (Å²) in [4.78, 5) is 72.6. The molecule has 3 N–H and O–H groups in total. The summed E-state index contributed by atoms with van der Waals surface area (Å²) in [6.07, 6.45) is 47.6. The largest absolute Gasteiger partial charge is 0.472 e. The van der Waals surface area contributed by atoms with Gasteiger partial charge in [0.2, 0.25) is 0 Å². The molecule has 0 heterocycles. The standard InChI is InChI=1S/C74H144O17P2/c1-9-67(8)53-45-37-29-20-18-16-14-12-10-11-13-15-17-19-21-30-38-46-54-71(76)84-60-70(91-74(79)57-49-41-33-25-28-36-44-52-66(6)7)63-89-93(82,83)87-59-68(75)58-86-92(80,81)88-62-69(61-85-72(77)55-47-39-32-24-27-35-43-51-65(4)5)90-73(78)56-48-40-31-23-22-26-34-42-50-64(2)3/h64-70,75H,9-63H2,1-8H3,(H,80,81)(H,82,83)/t67?,68?,69-,70-/m1/s1. The van der Waals surface area contributed by atoms with Crippen molar-refractivity contribution >= 4 is 39.5 Å². The number of carbonyl (C=O) groups is 4. The van der Waals surface area contributed by atoms with Crippen LogP contribution in [0.5, 0.6) is 0 Å². The molecule has 0 radical (unpaired) electrons. The van der Waals surface area contributed by atoms with Crippen LogP contribution in [-0.4, -0.2) is 96.7 Å². The van der Waals surface area contributed by atoms with Gasteiger partial charge in [-0.15, -0.1) is 0 Å².